The number of methoxy groups -OCH3 is 1. The SMILES string of the molecule is COc1cncc(-c2ccc3[nH]nc(-c4cc5c(-c6ccsc6)cncc5[nH]4)c3c2)c1. The van der Waals surface area contributed by atoms with Crippen molar-refractivity contribution in [3.8, 4) is 39.4 Å². The summed E-state index contributed by atoms with van der Waals surface area (Å²) in [5.74, 6) is 0.731. The maximum atomic E-state index is 5.33. The topological polar surface area (TPSA) is 79.5 Å². The van der Waals surface area contributed by atoms with Gasteiger partial charge < -0.3 is 9.72 Å². The van der Waals surface area contributed by atoms with Crippen molar-refractivity contribution in [1.82, 2.24) is 25.1 Å². The van der Waals surface area contributed by atoms with Gasteiger partial charge in [-0.1, -0.05) is 6.07 Å². The largest absolute Gasteiger partial charge is 0.495 e. The summed E-state index contributed by atoms with van der Waals surface area (Å²) in [5.41, 5.74) is 8.13. The van der Waals surface area contributed by atoms with Crippen molar-refractivity contribution in [2.45, 2.75) is 0 Å². The van der Waals surface area contributed by atoms with Gasteiger partial charge in [-0.05, 0) is 52.2 Å². The maximum absolute atomic E-state index is 5.33. The summed E-state index contributed by atoms with van der Waals surface area (Å²) < 4.78 is 5.33. The molecular weight excluding hydrogens is 406 g/mol. The number of thiophene rings is 1. The number of benzene rings is 1. The Hall–Kier alpha value is -3.97. The number of fused-ring (bicyclic) bond motifs is 2. The third-order valence-corrected chi connectivity index (χ3v) is 6.16. The smallest absolute Gasteiger partial charge is 0.137 e. The fourth-order valence-corrected chi connectivity index (χ4v) is 4.57. The molecule has 0 unspecified atom stereocenters. The normalized spacial score (nSPS) is 11.4. The van der Waals surface area contributed by atoms with Crippen molar-refractivity contribution in [3.63, 3.8) is 0 Å². The second-order valence-electron chi connectivity index (χ2n) is 7.29. The number of hydrogen-bond acceptors (Lipinski definition) is 5. The highest BCUT2D eigenvalue weighted by Crippen LogP contribution is 2.35. The van der Waals surface area contributed by atoms with Gasteiger partial charge in [0.05, 0.1) is 36.2 Å². The lowest BCUT2D eigenvalue weighted by molar-refractivity contribution is 0.413. The third-order valence-electron chi connectivity index (χ3n) is 5.48. The van der Waals surface area contributed by atoms with Gasteiger partial charge in [-0.15, -0.1) is 0 Å². The Morgan fingerprint density at radius 1 is 0.839 bits per heavy atom. The van der Waals surface area contributed by atoms with Crippen LogP contribution in [0.25, 0.3) is 55.4 Å². The number of aromatic nitrogens is 5. The number of nitrogens with zero attached hydrogens (tertiary/aromatic N) is 3. The van der Waals surface area contributed by atoms with Crippen molar-refractivity contribution in [3.05, 3.63) is 71.9 Å². The van der Waals surface area contributed by atoms with E-state index in [0.717, 1.165) is 55.6 Å². The third kappa shape index (κ3) is 2.98. The summed E-state index contributed by atoms with van der Waals surface area (Å²) in [6, 6.07) is 12.5. The molecule has 0 aliphatic rings. The van der Waals surface area contributed by atoms with Gasteiger partial charge in [0.15, 0.2) is 0 Å². The van der Waals surface area contributed by atoms with E-state index in [1.807, 2.05) is 30.7 Å². The van der Waals surface area contributed by atoms with Crippen molar-refractivity contribution in [2.24, 2.45) is 0 Å². The zero-order valence-corrected chi connectivity index (χ0v) is 17.4. The highest BCUT2D eigenvalue weighted by atomic mass is 32.1. The molecule has 0 radical (unpaired) electrons. The number of nitrogens with one attached hydrogen (secondary N) is 2. The molecule has 0 saturated heterocycles. The molecule has 6 aromatic rings. The predicted molar refractivity (Wildman–Crippen MR) is 124 cm³/mol. The molecular formula is C24H17N5OS. The average molecular weight is 424 g/mol. The van der Waals surface area contributed by atoms with E-state index in [2.05, 4.69) is 60.2 Å². The summed E-state index contributed by atoms with van der Waals surface area (Å²) in [5, 5.41) is 14.1. The molecule has 7 heteroatoms. The van der Waals surface area contributed by atoms with Crippen LogP contribution in [0.2, 0.25) is 0 Å². The molecule has 1 aromatic carbocycles. The molecule has 0 fully saturated rings. The highest BCUT2D eigenvalue weighted by Gasteiger charge is 2.15. The van der Waals surface area contributed by atoms with Crippen LogP contribution in [0.4, 0.5) is 0 Å². The summed E-state index contributed by atoms with van der Waals surface area (Å²) in [6.45, 7) is 0. The fraction of sp³-hybridized carbons (Fsp3) is 0.0417. The molecule has 0 aliphatic heterocycles. The number of ether oxygens (including phenoxy) is 1. The van der Waals surface area contributed by atoms with E-state index in [0.29, 0.717) is 0 Å². The molecule has 5 heterocycles. The molecule has 0 aliphatic carbocycles. The molecule has 150 valence electrons. The molecule has 0 saturated carbocycles. The number of rotatable bonds is 4. The molecule has 6 nitrogen and oxygen atoms in total. The van der Waals surface area contributed by atoms with Gasteiger partial charge in [0, 0.05) is 34.3 Å². The van der Waals surface area contributed by atoms with Gasteiger partial charge in [-0.2, -0.15) is 16.4 Å². The summed E-state index contributed by atoms with van der Waals surface area (Å²) in [7, 11) is 1.65. The second kappa shape index (κ2) is 7.07. The summed E-state index contributed by atoms with van der Waals surface area (Å²) in [4.78, 5) is 12.2. The van der Waals surface area contributed by atoms with E-state index in [1.165, 1.54) is 5.56 Å². The van der Waals surface area contributed by atoms with Crippen LogP contribution in [-0.4, -0.2) is 32.3 Å². The first-order chi connectivity index (χ1) is 15.3. The Labute approximate surface area is 181 Å². The van der Waals surface area contributed by atoms with E-state index in [-0.39, 0.29) is 0 Å². The van der Waals surface area contributed by atoms with Gasteiger partial charge in [-0.3, -0.25) is 15.1 Å². The lowest BCUT2D eigenvalue weighted by Gasteiger charge is -2.04. The van der Waals surface area contributed by atoms with Crippen LogP contribution in [0.3, 0.4) is 0 Å². The van der Waals surface area contributed by atoms with Gasteiger partial charge in [0.2, 0.25) is 0 Å². The average Bonchev–Trinajstić information content (AvgIpc) is 3.57. The van der Waals surface area contributed by atoms with E-state index < -0.39 is 0 Å². The minimum Gasteiger partial charge on any atom is -0.495 e. The van der Waals surface area contributed by atoms with Crippen LogP contribution < -0.4 is 4.74 Å². The van der Waals surface area contributed by atoms with Crippen molar-refractivity contribution in [1.29, 1.82) is 0 Å². The van der Waals surface area contributed by atoms with E-state index in [4.69, 9.17) is 4.74 Å². The molecule has 31 heavy (non-hydrogen) atoms. The van der Waals surface area contributed by atoms with Crippen LogP contribution >= 0.6 is 11.3 Å². The monoisotopic (exact) mass is 423 g/mol. The molecule has 0 bridgehead atoms. The zero-order chi connectivity index (χ0) is 20.8. The highest BCUT2D eigenvalue weighted by molar-refractivity contribution is 7.08. The number of H-pyrrole nitrogens is 2. The van der Waals surface area contributed by atoms with Gasteiger partial charge in [-0.25, -0.2) is 0 Å². The molecule has 6 rings (SSSR count). The van der Waals surface area contributed by atoms with Gasteiger partial charge >= 0.3 is 0 Å². The van der Waals surface area contributed by atoms with Crippen LogP contribution in [0, 0.1) is 0 Å². The standard InChI is InChI=1S/C24H17N5OS/c1-30-17-6-16(9-25-10-17)14-2-3-21-19(7-14)24(29-28-21)22-8-18-20(15-4-5-31-13-15)11-26-12-23(18)27-22/h2-13,27H,1H3,(H,28,29). The Morgan fingerprint density at radius 2 is 1.77 bits per heavy atom. The fourth-order valence-electron chi connectivity index (χ4n) is 3.91. The van der Waals surface area contributed by atoms with Crippen molar-refractivity contribution in [2.75, 3.05) is 7.11 Å². The van der Waals surface area contributed by atoms with Crippen LogP contribution in [-0.2, 0) is 0 Å². The molecule has 2 N–H and O–H groups in total. The number of aromatic amines is 2. The lowest BCUT2D eigenvalue weighted by atomic mass is 10.0. The second-order valence-corrected chi connectivity index (χ2v) is 8.07. The Kier molecular flexibility index (Phi) is 4.07. The first-order valence-electron chi connectivity index (χ1n) is 9.77. The molecule has 5 aromatic heterocycles. The van der Waals surface area contributed by atoms with Crippen LogP contribution in [0.5, 0.6) is 5.75 Å². The summed E-state index contributed by atoms with van der Waals surface area (Å²) in [6.07, 6.45) is 7.32. The maximum Gasteiger partial charge on any atom is 0.137 e. The first kappa shape index (κ1) is 17.9. The number of hydrogen-bond donors (Lipinski definition) is 2. The lowest BCUT2D eigenvalue weighted by Crippen LogP contribution is -1.86. The van der Waals surface area contributed by atoms with Crippen LogP contribution in [0.15, 0.2) is 71.9 Å². The quantitative estimate of drug-likeness (QED) is 0.370. The van der Waals surface area contributed by atoms with Crippen molar-refractivity contribution >= 4 is 33.1 Å². The Morgan fingerprint density at radius 3 is 2.65 bits per heavy atom. The van der Waals surface area contributed by atoms with E-state index in [9.17, 15) is 0 Å². The van der Waals surface area contributed by atoms with Crippen molar-refractivity contribution < 1.29 is 4.74 Å². The van der Waals surface area contributed by atoms with Crippen LogP contribution in [0.1, 0.15) is 0 Å². The van der Waals surface area contributed by atoms with Gasteiger partial charge in [0.25, 0.3) is 0 Å². The molecule has 0 atom stereocenters. The minimum absolute atomic E-state index is 0.731. The zero-order valence-electron chi connectivity index (χ0n) is 16.6. The summed E-state index contributed by atoms with van der Waals surface area (Å²) >= 11 is 1.68. The van der Waals surface area contributed by atoms with Gasteiger partial charge in [0.1, 0.15) is 11.4 Å². The number of pyridine rings is 2. The molecule has 0 amide bonds. The minimum atomic E-state index is 0.731. The Balaban J connectivity index is 1.50. The predicted octanol–water partition coefficient (Wildman–Crippen LogP) is 5.91. The molecule has 0 spiro atoms. The van der Waals surface area contributed by atoms with E-state index in [1.54, 1.807) is 24.6 Å². The van der Waals surface area contributed by atoms with E-state index >= 15 is 0 Å². The Bertz CT molecular complexity index is 1530. The first-order valence-corrected chi connectivity index (χ1v) is 10.7.